The minimum Gasteiger partial charge on any atom is -0.492 e. The molecule has 0 fully saturated rings. The SMILES string of the molecule is CN(C)Cc1c(C(=O)NCCOc2ccc(C(=O)NO)cc2)oc2ccccc12.Nc1cc2ccccc2[nH]1. The van der Waals surface area contributed by atoms with Gasteiger partial charge in [0, 0.05) is 34.0 Å². The zero-order valence-electron chi connectivity index (χ0n) is 21.7. The van der Waals surface area contributed by atoms with Gasteiger partial charge >= 0.3 is 0 Å². The smallest absolute Gasteiger partial charge is 0.287 e. The number of aromatic amines is 1. The van der Waals surface area contributed by atoms with E-state index < -0.39 is 5.91 Å². The molecule has 5 aromatic rings. The number of aromatic nitrogens is 1. The molecular weight excluding hydrogens is 498 g/mol. The fraction of sp³-hybridized carbons (Fsp3) is 0.172. The van der Waals surface area contributed by atoms with E-state index in [9.17, 15) is 9.59 Å². The number of nitrogens with two attached hydrogens (primary N) is 1. The second kappa shape index (κ2) is 12.6. The number of rotatable bonds is 8. The van der Waals surface area contributed by atoms with Gasteiger partial charge in [0.05, 0.1) is 6.54 Å². The average molecular weight is 530 g/mol. The second-order valence-corrected chi connectivity index (χ2v) is 9.03. The quantitative estimate of drug-likeness (QED) is 0.115. The number of carbonyl (C=O) groups excluding carboxylic acids is 2. The number of carbonyl (C=O) groups is 2. The van der Waals surface area contributed by atoms with E-state index in [1.54, 1.807) is 17.6 Å². The number of hydroxylamine groups is 1. The molecule has 2 aromatic heterocycles. The summed E-state index contributed by atoms with van der Waals surface area (Å²) in [5.74, 6) is 0.686. The highest BCUT2D eigenvalue weighted by Crippen LogP contribution is 2.26. The minimum atomic E-state index is -0.594. The maximum atomic E-state index is 12.6. The maximum Gasteiger partial charge on any atom is 0.287 e. The number of nitrogen functional groups attached to an aromatic ring is 1. The van der Waals surface area contributed by atoms with Crippen LogP contribution in [0.4, 0.5) is 5.82 Å². The van der Waals surface area contributed by atoms with E-state index in [1.807, 2.05) is 73.6 Å². The number of benzene rings is 3. The van der Waals surface area contributed by atoms with E-state index in [1.165, 1.54) is 17.5 Å². The lowest BCUT2D eigenvalue weighted by atomic mass is 10.1. The number of anilines is 1. The first-order valence-electron chi connectivity index (χ1n) is 12.3. The Labute approximate surface area is 225 Å². The fourth-order valence-electron chi connectivity index (χ4n) is 4.03. The molecule has 2 amide bonds. The zero-order chi connectivity index (χ0) is 27.8. The highest BCUT2D eigenvalue weighted by Gasteiger charge is 2.20. The molecule has 0 aliphatic heterocycles. The molecular formula is C29H31N5O5. The van der Waals surface area contributed by atoms with Crippen LogP contribution >= 0.6 is 0 Å². The molecule has 5 rings (SSSR count). The first-order valence-corrected chi connectivity index (χ1v) is 12.3. The van der Waals surface area contributed by atoms with Crippen molar-refractivity contribution in [3.05, 3.63) is 95.7 Å². The number of nitrogens with one attached hydrogen (secondary N) is 3. The van der Waals surface area contributed by atoms with Gasteiger partial charge in [-0.15, -0.1) is 0 Å². The minimum absolute atomic E-state index is 0.251. The van der Waals surface area contributed by atoms with Crippen molar-refractivity contribution in [3.8, 4) is 5.75 Å². The molecule has 39 heavy (non-hydrogen) atoms. The summed E-state index contributed by atoms with van der Waals surface area (Å²) < 4.78 is 11.4. The van der Waals surface area contributed by atoms with Gasteiger partial charge < -0.3 is 30.1 Å². The summed E-state index contributed by atoms with van der Waals surface area (Å²) in [7, 11) is 3.87. The third kappa shape index (κ3) is 6.95. The van der Waals surface area contributed by atoms with Crippen LogP contribution < -0.4 is 21.3 Å². The predicted molar refractivity (Wildman–Crippen MR) is 150 cm³/mol. The summed E-state index contributed by atoms with van der Waals surface area (Å²) in [6.45, 7) is 1.13. The Bertz CT molecular complexity index is 1520. The second-order valence-electron chi connectivity index (χ2n) is 9.03. The Kier molecular flexibility index (Phi) is 8.82. The number of furan rings is 1. The molecule has 0 atom stereocenters. The largest absolute Gasteiger partial charge is 0.492 e. The van der Waals surface area contributed by atoms with Crippen molar-refractivity contribution in [2.24, 2.45) is 0 Å². The lowest BCUT2D eigenvalue weighted by molar-refractivity contribution is 0.0706. The number of ether oxygens (including phenoxy) is 1. The van der Waals surface area contributed by atoms with Crippen LogP contribution in [0.2, 0.25) is 0 Å². The molecule has 0 saturated carbocycles. The monoisotopic (exact) mass is 529 g/mol. The van der Waals surface area contributed by atoms with Crippen molar-refractivity contribution >= 4 is 39.5 Å². The van der Waals surface area contributed by atoms with E-state index in [-0.39, 0.29) is 19.1 Å². The molecule has 202 valence electrons. The molecule has 10 nitrogen and oxygen atoms in total. The molecule has 0 saturated heterocycles. The molecule has 10 heteroatoms. The van der Waals surface area contributed by atoms with E-state index >= 15 is 0 Å². The summed E-state index contributed by atoms with van der Waals surface area (Å²) in [6.07, 6.45) is 0. The third-order valence-corrected chi connectivity index (χ3v) is 5.80. The summed E-state index contributed by atoms with van der Waals surface area (Å²) in [5.41, 5.74) is 10.0. The van der Waals surface area contributed by atoms with E-state index in [0.29, 0.717) is 29.2 Å². The maximum absolute atomic E-state index is 12.6. The molecule has 3 aromatic carbocycles. The van der Waals surface area contributed by atoms with Crippen molar-refractivity contribution in [1.29, 1.82) is 0 Å². The summed E-state index contributed by atoms with van der Waals surface area (Å²) >= 11 is 0. The van der Waals surface area contributed by atoms with Crippen LogP contribution in [0, 0.1) is 0 Å². The molecule has 0 aliphatic rings. The van der Waals surface area contributed by atoms with Gasteiger partial charge in [-0.1, -0.05) is 36.4 Å². The van der Waals surface area contributed by atoms with Gasteiger partial charge in [-0.05, 0) is 56.6 Å². The Morgan fingerprint density at radius 2 is 1.72 bits per heavy atom. The average Bonchev–Trinajstić information content (AvgIpc) is 3.50. The third-order valence-electron chi connectivity index (χ3n) is 5.80. The summed E-state index contributed by atoms with van der Waals surface area (Å²) in [4.78, 5) is 28.9. The number of H-pyrrole nitrogens is 1. The van der Waals surface area contributed by atoms with Gasteiger partial charge in [-0.2, -0.15) is 0 Å². The van der Waals surface area contributed by atoms with Crippen LogP contribution in [0.15, 0.2) is 83.3 Å². The number of amides is 2. The Hall–Kier alpha value is -4.80. The number of fused-ring (bicyclic) bond motifs is 2. The van der Waals surface area contributed by atoms with Gasteiger partial charge in [-0.25, -0.2) is 5.48 Å². The van der Waals surface area contributed by atoms with Crippen LogP contribution in [-0.2, 0) is 6.54 Å². The zero-order valence-corrected chi connectivity index (χ0v) is 21.7. The van der Waals surface area contributed by atoms with Crippen molar-refractivity contribution < 1.29 is 24.0 Å². The highest BCUT2D eigenvalue weighted by atomic mass is 16.5. The van der Waals surface area contributed by atoms with Crippen molar-refractivity contribution in [1.82, 2.24) is 20.7 Å². The van der Waals surface area contributed by atoms with E-state index in [0.717, 1.165) is 22.3 Å². The first kappa shape index (κ1) is 27.2. The van der Waals surface area contributed by atoms with Gasteiger partial charge in [0.1, 0.15) is 23.8 Å². The number of hydrogen-bond donors (Lipinski definition) is 5. The normalized spacial score (nSPS) is 10.8. The van der Waals surface area contributed by atoms with Crippen molar-refractivity contribution in [2.45, 2.75) is 6.54 Å². The lowest BCUT2D eigenvalue weighted by Gasteiger charge is -2.11. The number of hydrogen-bond acceptors (Lipinski definition) is 7. The van der Waals surface area contributed by atoms with Crippen molar-refractivity contribution in [2.75, 3.05) is 33.0 Å². The molecule has 0 unspecified atom stereocenters. The Balaban J connectivity index is 0.000000292. The lowest BCUT2D eigenvalue weighted by Crippen LogP contribution is -2.29. The van der Waals surface area contributed by atoms with Crippen molar-refractivity contribution in [3.63, 3.8) is 0 Å². The summed E-state index contributed by atoms with van der Waals surface area (Å²) in [6, 6.07) is 23.8. The molecule has 0 spiro atoms. The standard InChI is InChI=1S/C21H23N3O5.C8H8N2/c1-24(2)13-17-16-5-3-4-6-18(16)29-19(17)21(26)22-11-12-28-15-9-7-14(8-10-15)20(25)23-27;9-8-5-6-3-1-2-4-7(6)10-8/h3-10,27H,11-13H2,1-2H3,(H,22,26)(H,23,25);1-5,10H,9H2. The predicted octanol–water partition coefficient (Wildman–Crippen LogP) is 4.17. The van der Waals surface area contributed by atoms with Gasteiger partial charge in [0.15, 0.2) is 5.76 Å². The Morgan fingerprint density at radius 3 is 2.44 bits per heavy atom. The fourth-order valence-corrected chi connectivity index (χ4v) is 4.03. The van der Waals surface area contributed by atoms with E-state index in [4.69, 9.17) is 20.1 Å². The number of nitrogens with zero attached hydrogens (tertiary/aromatic N) is 1. The number of para-hydroxylation sites is 2. The van der Waals surface area contributed by atoms with Crippen LogP contribution in [0.1, 0.15) is 26.5 Å². The summed E-state index contributed by atoms with van der Waals surface area (Å²) in [5, 5.41) is 13.5. The molecule has 0 radical (unpaired) electrons. The topological polar surface area (TPSA) is 146 Å². The van der Waals surface area contributed by atoms with Crippen LogP contribution in [-0.4, -0.2) is 54.2 Å². The first-order chi connectivity index (χ1) is 18.9. The van der Waals surface area contributed by atoms with E-state index in [2.05, 4.69) is 10.3 Å². The van der Waals surface area contributed by atoms with Gasteiger partial charge in [-0.3, -0.25) is 14.8 Å². The van der Waals surface area contributed by atoms with Crippen LogP contribution in [0.3, 0.4) is 0 Å². The highest BCUT2D eigenvalue weighted by molar-refractivity contribution is 5.99. The van der Waals surface area contributed by atoms with Gasteiger partial charge in [0.25, 0.3) is 11.8 Å². The van der Waals surface area contributed by atoms with Gasteiger partial charge in [0.2, 0.25) is 0 Å². The molecule has 0 bridgehead atoms. The molecule has 0 aliphatic carbocycles. The van der Waals surface area contributed by atoms with Crippen LogP contribution in [0.25, 0.3) is 21.9 Å². The molecule has 6 N–H and O–H groups in total. The Morgan fingerprint density at radius 1 is 1.00 bits per heavy atom. The molecule has 2 heterocycles. The van der Waals surface area contributed by atoms with Crippen LogP contribution in [0.5, 0.6) is 5.75 Å².